The zero-order chi connectivity index (χ0) is 22.3. The molecule has 2 aromatic rings. The van der Waals surface area contributed by atoms with E-state index in [1.54, 1.807) is 19.1 Å². The van der Waals surface area contributed by atoms with Crippen LogP contribution in [0.3, 0.4) is 0 Å². The van der Waals surface area contributed by atoms with E-state index in [2.05, 4.69) is 11.4 Å². The summed E-state index contributed by atoms with van der Waals surface area (Å²) in [4.78, 5) is 27.2. The Morgan fingerprint density at radius 3 is 2.33 bits per heavy atom. The van der Waals surface area contributed by atoms with Crippen LogP contribution in [0.2, 0.25) is 0 Å². The van der Waals surface area contributed by atoms with Crippen molar-refractivity contribution < 1.29 is 19.1 Å². The maximum atomic E-state index is 13.1. The van der Waals surface area contributed by atoms with Gasteiger partial charge >= 0.3 is 0 Å². The van der Waals surface area contributed by atoms with Gasteiger partial charge in [-0.1, -0.05) is 25.1 Å². The van der Waals surface area contributed by atoms with Crippen molar-refractivity contribution in [2.45, 2.75) is 46.7 Å². The first-order valence-corrected chi connectivity index (χ1v) is 10.1. The summed E-state index contributed by atoms with van der Waals surface area (Å²) in [5.74, 6) is 1.00. The van der Waals surface area contributed by atoms with Crippen molar-refractivity contribution in [3.63, 3.8) is 0 Å². The van der Waals surface area contributed by atoms with Crippen molar-refractivity contribution in [3.8, 4) is 11.5 Å². The molecule has 0 spiro atoms. The normalized spacial score (nSPS) is 11.5. The van der Waals surface area contributed by atoms with Gasteiger partial charge < -0.3 is 19.7 Å². The number of aryl methyl sites for hydroxylation is 2. The van der Waals surface area contributed by atoms with Crippen LogP contribution in [0.5, 0.6) is 11.5 Å². The van der Waals surface area contributed by atoms with Gasteiger partial charge in [-0.05, 0) is 67.6 Å². The van der Waals surface area contributed by atoms with Crippen molar-refractivity contribution in [2.75, 3.05) is 20.8 Å². The summed E-state index contributed by atoms with van der Waals surface area (Å²) in [6, 6.07) is 10.9. The van der Waals surface area contributed by atoms with Gasteiger partial charge in [-0.2, -0.15) is 0 Å². The molecule has 0 saturated carbocycles. The van der Waals surface area contributed by atoms with Gasteiger partial charge in [0.1, 0.15) is 17.5 Å². The topological polar surface area (TPSA) is 67.9 Å². The summed E-state index contributed by atoms with van der Waals surface area (Å²) in [5, 5.41) is 2.66. The van der Waals surface area contributed by atoms with Gasteiger partial charge in [0.2, 0.25) is 5.91 Å². The van der Waals surface area contributed by atoms with Crippen LogP contribution in [-0.4, -0.2) is 43.5 Å². The fourth-order valence-electron chi connectivity index (χ4n) is 3.39. The molecule has 0 aromatic heterocycles. The van der Waals surface area contributed by atoms with Crippen molar-refractivity contribution in [2.24, 2.45) is 0 Å². The molecule has 0 aliphatic rings. The zero-order valence-corrected chi connectivity index (χ0v) is 18.7. The van der Waals surface area contributed by atoms with Crippen molar-refractivity contribution >= 4 is 11.8 Å². The van der Waals surface area contributed by atoms with Crippen LogP contribution in [0.1, 0.15) is 35.6 Å². The highest BCUT2D eigenvalue weighted by atomic mass is 16.5. The minimum Gasteiger partial charge on any atom is -0.497 e. The lowest BCUT2D eigenvalue weighted by molar-refractivity contribution is -0.142. The molecule has 1 unspecified atom stereocenters. The third kappa shape index (κ3) is 5.75. The molecular weight excluding hydrogens is 380 g/mol. The minimum absolute atomic E-state index is 0.132. The maximum Gasteiger partial charge on any atom is 0.261 e. The van der Waals surface area contributed by atoms with Crippen LogP contribution in [0.4, 0.5) is 0 Å². The van der Waals surface area contributed by atoms with E-state index >= 15 is 0 Å². The van der Waals surface area contributed by atoms with Gasteiger partial charge in [-0.15, -0.1) is 0 Å². The summed E-state index contributed by atoms with van der Waals surface area (Å²) in [7, 11) is 3.19. The monoisotopic (exact) mass is 412 g/mol. The van der Waals surface area contributed by atoms with Crippen molar-refractivity contribution in [1.82, 2.24) is 10.2 Å². The lowest BCUT2D eigenvalue weighted by atomic mass is 10.1. The van der Waals surface area contributed by atoms with Gasteiger partial charge in [0, 0.05) is 13.6 Å². The van der Waals surface area contributed by atoms with Gasteiger partial charge in [0.15, 0.2) is 6.61 Å². The van der Waals surface area contributed by atoms with Gasteiger partial charge in [-0.25, -0.2) is 0 Å². The van der Waals surface area contributed by atoms with E-state index in [0.29, 0.717) is 18.7 Å². The highest BCUT2D eigenvalue weighted by Crippen LogP contribution is 2.24. The first-order chi connectivity index (χ1) is 14.3. The number of methoxy groups -OCH3 is 1. The molecule has 30 heavy (non-hydrogen) atoms. The molecule has 0 fully saturated rings. The Kier molecular flexibility index (Phi) is 8.27. The predicted octanol–water partition coefficient (Wildman–Crippen LogP) is 3.55. The van der Waals surface area contributed by atoms with E-state index in [0.717, 1.165) is 28.0 Å². The molecule has 2 aromatic carbocycles. The Balaban J connectivity index is 2.23. The van der Waals surface area contributed by atoms with E-state index in [1.165, 1.54) is 0 Å². The number of benzene rings is 2. The smallest absolute Gasteiger partial charge is 0.261 e. The molecule has 162 valence electrons. The standard InChI is InChI=1S/C24H32N2O4/c1-7-21(24(28)25-5)26(14-19-8-10-20(29-6)11-9-19)23(27)15-30-22-13-16(2)12-17(3)18(22)4/h8-13,21H,7,14-15H2,1-6H3,(H,25,28). The third-order valence-electron chi connectivity index (χ3n) is 5.26. The van der Waals surface area contributed by atoms with E-state index in [9.17, 15) is 9.59 Å². The Morgan fingerprint density at radius 2 is 1.77 bits per heavy atom. The number of likely N-dealkylation sites (N-methyl/N-ethyl adjacent to an activating group) is 1. The fraction of sp³-hybridized carbons (Fsp3) is 0.417. The molecule has 1 N–H and O–H groups in total. The molecule has 0 aliphatic heterocycles. The summed E-state index contributed by atoms with van der Waals surface area (Å²) < 4.78 is 11.1. The van der Waals surface area contributed by atoms with E-state index in [4.69, 9.17) is 9.47 Å². The van der Waals surface area contributed by atoms with Crippen LogP contribution < -0.4 is 14.8 Å². The molecule has 0 saturated heterocycles. The van der Waals surface area contributed by atoms with E-state index < -0.39 is 6.04 Å². The van der Waals surface area contributed by atoms with Crippen LogP contribution >= 0.6 is 0 Å². The molecule has 0 aliphatic carbocycles. The number of ether oxygens (including phenoxy) is 2. The van der Waals surface area contributed by atoms with Crippen LogP contribution in [-0.2, 0) is 16.1 Å². The third-order valence-corrected chi connectivity index (χ3v) is 5.26. The van der Waals surface area contributed by atoms with Crippen molar-refractivity contribution in [3.05, 3.63) is 58.7 Å². The van der Waals surface area contributed by atoms with Crippen LogP contribution in [0, 0.1) is 20.8 Å². The largest absolute Gasteiger partial charge is 0.497 e. The highest BCUT2D eigenvalue weighted by Gasteiger charge is 2.28. The second kappa shape index (κ2) is 10.7. The Morgan fingerprint density at radius 1 is 1.10 bits per heavy atom. The first kappa shape index (κ1) is 23.3. The first-order valence-electron chi connectivity index (χ1n) is 10.1. The number of carbonyl (C=O) groups is 2. The van der Waals surface area contributed by atoms with Gasteiger partial charge in [-0.3, -0.25) is 9.59 Å². The number of carbonyl (C=O) groups excluding carboxylic acids is 2. The summed E-state index contributed by atoms with van der Waals surface area (Å²) >= 11 is 0. The maximum absolute atomic E-state index is 13.1. The quantitative estimate of drug-likeness (QED) is 0.684. The van der Waals surface area contributed by atoms with Gasteiger partial charge in [0.25, 0.3) is 5.91 Å². The van der Waals surface area contributed by atoms with Gasteiger partial charge in [0.05, 0.1) is 7.11 Å². The average Bonchev–Trinajstić information content (AvgIpc) is 2.74. The zero-order valence-electron chi connectivity index (χ0n) is 18.7. The number of rotatable bonds is 9. The summed E-state index contributed by atoms with van der Waals surface area (Å²) in [6.45, 7) is 8.06. The number of hydrogen-bond donors (Lipinski definition) is 1. The SMILES string of the molecule is CCC(C(=O)NC)N(Cc1ccc(OC)cc1)C(=O)COc1cc(C)cc(C)c1C. The molecule has 0 heterocycles. The van der Waals surface area contributed by atoms with Crippen LogP contribution in [0.15, 0.2) is 36.4 Å². The molecule has 0 radical (unpaired) electrons. The predicted molar refractivity (Wildman–Crippen MR) is 118 cm³/mol. The molecule has 2 rings (SSSR count). The molecule has 6 nitrogen and oxygen atoms in total. The molecule has 0 bridgehead atoms. The number of nitrogens with zero attached hydrogens (tertiary/aromatic N) is 1. The Labute approximate surface area is 179 Å². The lowest BCUT2D eigenvalue weighted by Gasteiger charge is -2.30. The second-order valence-electron chi connectivity index (χ2n) is 7.40. The molecular formula is C24H32N2O4. The van der Waals surface area contributed by atoms with Crippen LogP contribution in [0.25, 0.3) is 0 Å². The second-order valence-corrected chi connectivity index (χ2v) is 7.40. The Bertz CT molecular complexity index is 878. The molecule has 1 atom stereocenters. The number of amides is 2. The van der Waals surface area contributed by atoms with Crippen molar-refractivity contribution in [1.29, 1.82) is 0 Å². The summed E-state index contributed by atoms with van der Waals surface area (Å²) in [5.41, 5.74) is 4.11. The van der Waals surface area contributed by atoms with E-state index in [1.807, 2.05) is 58.0 Å². The number of nitrogens with one attached hydrogen (secondary N) is 1. The molecule has 2 amide bonds. The fourth-order valence-corrected chi connectivity index (χ4v) is 3.39. The van der Waals surface area contributed by atoms with E-state index in [-0.39, 0.29) is 18.4 Å². The Hall–Kier alpha value is -3.02. The minimum atomic E-state index is -0.575. The lowest BCUT2D eigenvalue weighted by Crippen LogP contribution is -2.49. The summed E-state index contributed by atoms with van der Waals surface area (Å²) in [6.07, 6.45) is 0.504. The highest BCUT2D eigenvalue weighted by molar-refractivity contribution is 5.88. The molecule has 6 heteroatoms. The number of hydrogen-bond acceptors (Lipinski definition) is 4. The average molecular weight is 413 g/mol.